The lowest BCUT2D eigenvalue weighted by molar-refractivity contribution is 0.220. The molecule has 1 aliphatic heterocycles. The highest BCUT2D eigenvalue weighted by Crippen LogP contribution is 2.41. The molecule has 0 bridgehead atoms. The molecule has 106 valence electrons. The van der Waals surface area contributed by atoms with Gasteiger partial charge in [-0.25, -0.2) is 4.39 Å². The molecule has 2 rings (SSSR count). The predicted molar refractivity (Wildman–Crippen MR) is 73.9 cm³/mol. The van der Waals surface area contributed by atoms with Crippen LogP contribution in [0, 0.1) is 0 Å². The molecular weight excluding hydrogens is 245 g/mol. The third kappa shape index (κ3) is 2.84. The second-order valence-electron chi connectivity index (χ2n) is 5.46. The van der Waals surface area contributed by atoms with Crippen molar-refractivity contribution in [1.29, 1.82) is 0 Å². The van der Waals surface area contributed by atoms with Crippen LogP contribution in [0.3, 0.4) is 0 Å². The Kier molecular flexibility index (Phi) is 3.99. The average molecular weight is 267 g/mol. The van der Waals surface area contributed by atoms with Crippen LogP contribution in [0.4, 0.5) is 4.39 Å². The molecule has 1 aromatic carbocycles. The van der Waals surface area contributed by atoms with E-state index in [0.717, 1.165) is 30.8 Å². The lowest BCUT2D eigenvalue weighted by Gasteiger charge is -2.22. The monoisotopic (exact) mass is 267 g/mol. The van der Waals surface area contributed by atoms with E-state index in [0.29, 0.717) is 17.2 Å². The van der Waals surface area contributed by atoms with E-state index in [4.69, 9.17) is 9.47 Å². The summed E-state index contributed by atoms with van der Waals surface area (Å²) in [5.74, 6) is 1.68. The van der Waals surface area contributed by atoms with E-state index in [1.165, 1.54) is 0 Å². The van der Waals surface area contributed by atoms with Crippen molar-refractivity contribution in [3.05, 3.63) is 23.3 Å². The zero-order valence-corrected chi connectivity index (χ0v) is 12.0. The minimum absolute atomic E-state index is 0.353. The summed E-state index contributed by atoms with van der Waals surface area (Å²) in [6.45, 7) is 5.00. The van der Waals surface area contributed by atoms with Crippen LogP contribution in [0.5, 0.6) is 11.5 Å². The summed E-state index contributed by atoms with van der Waals surface area (Å²) in [5.41, 5.74) is 0.278. The lowest BCUT2D eigenvalue weighted by Crippen LogP contribution is -2.13. The first-order valence-electron chi connectivity index (χ1n) is 6.63. The van der Waals surface area contributed by atoms with Gasteiger partial charge in [0.2, 0.25) is 0 Å². The van der Waals surface area contributed by atoms with Crippen LogP contribution in [0.2, 0.25) is 0 Å². The molecule has 1 saturated heterocycles. The number of hydrogen-bond acceptors (Lipinski definition) is 3. The molecule has 19 heavy (non-hydrogen) atoms. The molecule has 3 nitrogen and oxygen atoms in total. The first kappa shape index (κ1) is 14.1. The molecule has 1 unspecified atom stereocenters. The number of benzene rings is 1. The molecule has 0 saturated carbocycles. The Morgan fingerprint density at radius 2 is 2.00 bits per heavy atom. The SMILES string of the molecule is COc1cc(C(C)(C)F)cc(C2CCNC2)c1OC. The highest BCUT2D eigenvalue weighted by Gasteiger charge is 2.27. The van der Waals surface area contributed by atoms with Gasteiger partial charge < -0.3 is 14.8 Å². The Bertz CT molecular complexity index is 448. The van der Waals surface area contributed by atoms with Crippen LogP contribution in [0.1, 0.15) is 37.3 Å². The van der Waals surface area contributed by atoms with Crippen LogP contribution < -0.4 is 14.8 Å². The third-order valence-electron chi connectivity index (χ3n) is 3.69. The largest absolute Gasteiger partial charge is 0.493 e. The van der Waals surface area contributed by atoms with Crippen molar-refractivity contribution in [3.63, 3.8) is 0 Å². The smallest absolute Gasteiger partial charge is 0.164 e. The molecule has 0 aliphatic carbocycles. The number of alkyl halides is 1. The molecule has 1 N–H and O–H groups in total. The summed E-state index contributed by atoms with van der Waals surface area (Å²) in [4.78, 5) is 0. The third-order valence-corrected chi connectivity index (χ3v) is 3.69. The van der Waals surface area contributed by atoms with Crippen molar-refractivity contribution in [2.45, 2.75) is 31.9 Å². The van der Waals surface area contributed by atoms with Crippen LogP contribution in [-0.4, -0.2) is 27.3 Å². The maximum atomic E-state index is 14.2. The fourth-order valence-electron chi connectivity index (χ4n) is 2.56. The first-order valence-corrected chi connectivity index (χ1v) is 6.63. The van der Waals surface area contributed by atoms with E-state index in [-0.39, 0.29) is 0 Å². The number of nitrogens with one attached hydrogen (secondary N) is 1. The van der Waals surface area contributed by atoms with Crippen molar-refractivity contribution >= 4 is 0 Å². The van der Waals surface area contributed by atoms with Crippen molar-refractivity contribution in [2.24, 2.45) is 0 Å². The number of methoxy groups -OCH3 is 2. The summed E-state index contributed by atoms with van der Waals surface area (Å²) in [7, 11) is 3.22. The Morgan fingerprint density at radius 3 is 2.47 bits per heavy atom. The second kappa shape index (κ2) is 5.37. The van der Waals surface area contributed by atoms with Gasteiger partial charge in [0.05, 0.1) is 14.2 Å². The molecule has 1 heterocycles. The van der Waals surface area contributed by atoms with Crippen molar-refractivity contribution in [1.82, 2.24) is 5.32 Å². The van der Waals surface area contributed by atoms with Gasteiger partial charge in [-0.15, -0.1) is 0 Å². The molecule has 0 spiro atoms. The van der Waals surface area contributed by atoms with Crippen LogP contribution in [0.25, 0.3) is 0 Å². The molecule has 4 heteroatoms. The second-order valence-corrected chi connectivity index (χ2v) is 5.46. The van der Waals surface area contributed by atoms with E-state index in [1.54, 1.807) is 34.1 Å². The van der Waals surface area contributed by atoms with E-state index >= 15 is 0 Å². The van der Waals surface area contributed by atoms with E-state index in [9.17, 15) is 4.39 Å². The zero-order valence-electron chi connectivity index (χ0n) is 12.0. The summed E-state index contributed by atoms with van der Waals surface area (Å²) >= 11 is 0. The highest BCUT2D eigenvalue weighted by molar-refractivity contribution is 5.52. The van der Waals surface area contributed by atoms with E-state index < -0.39 is 5.67 Å². The fraction of sp³-hybridized carbons (Fsp3) is 0.600. The van der Waals surface area contributed by atoms with E-state index in [1.807, 2.05) is 6.07 Å². The lowest BCUT2D eigenvalue weighted by atomic mass is 9.90. The van der Waals surface area contributed by atoms with Crippen LogP contribution in [0.15, 0.2) is 12.1 Å². The molecule has 1 aromatic rings. The average Bonchev–Trinajstić information content (AvgIpc) is 2.89. The zero-order chi connectivity index (χ0) is 14.0. The maximum Gasteiger partial charge on any atom is 0.164 e. The summed E-state index contributed by atoms with van der Waals surface area (Å²) in [5, 5.41) is 3.33. The Labute approximate surface area is 114 Å². The molecule has 1 aliphatic rings. The van der Waals surface area contributed by atoms with Gasteiger partial charge in [0.1, 0.15) is 5.67 Å². The van der Waals surface area contributed by atoms with Gasteiger partial charge in [-0.3, -0.25) is 0 Å². The molecule has 0 amide bonds. The fourth-order valence-corrected chi connectivity index (χ4v) is 2.56. The minimum atomic E-state index is -1.39. The predicted octanol–water partition coefficient (Wildman–Crippen LogP) is 2.99. The summed E-state index contributed by atoms with van der Waals surface area (Å²) in [6.07, 6.45) is 1.04. The van der Waals surface area contributed by atoms with Gasteiger partial charge in [0.15, 0.2) is 11.5 Å². The van der Waals surface area contributed by atoms with Gasteiger partial charge >= 0.3 is 0 Å². The molecular formula is C15H22FNO2. The van der Waals surface area contributed by atoms with Gasteiger partial charge in [-0.05, 0) is 44.5 Å². The minimum Gasteiger partial charge on any atom is -0.493 e. The molecule has 1 fully saturated rings. The van der Waals surface area contributed by atoms with Crippen molar-refractivity contribution in [2.75, 3.05) is 27.3 Å². The molecule has 0 radical (unpaired) electrons. The normalized spacial score (nSPS) is 19.5. The quantitative estimate of drug-likeness (QED) is 0.909. The number of rotatable bonds is 4. The number of halogens is 1. The summed E-state index contributed by atoms with van der Waals surface area (Å²) < 4.78 is 25.1. The Hall–Kier alpha value is -1.29. The molecule has 1 atom stereocenters. The maximum absolute atomic E-state index is 14.2. The van der Waals surface area contributed by atoms with Crippen LogP contribution in [-0.2, 0) is 5.67 Å². The number of hydrogen-bond donors (Lipinski definition) is 1. The van der Waals surface area contributed by atoms with Crippen molar-refractivity contribution in [3.8, 4) is 11.5 Å². The van der Waals surface area contributed by atoms with Crippen LogP contribution >= 0.6 is 0 Å². The standard InChI is InChI=1S/C15H22FNO2/c1-15(2,16)11-7-12(10-5-6-17-9-10)14(19-4)13(8-11)18-3/h7-8,10,17H,5-6,9H2,1-4H3. The Balaban J connectivity index is 2.54. The highest BCUT2D eigenvalue weighted by atomic mass is 19.1. The summed E-state index contributed by atoms with van der Waals surface area (Å²) in [6, 6.07) is 3.64. The molecule has 0 aromatic heterocycles. The van der Waals surface area contributed by atoms with E-state index in [2.05, 4.69) is 5.32 Å². The first-order chi connectivity index (χ1) is 8.97. The Morgan fingerprint density at radius 1 is 1.26 bits per heavy atom. The number of ether oxygens (including phenoxy) is 2. The van der Waals surface area contributed by atoms with Gasteiger partial charge in [-0.2, -0.15) is 0 Å². The van der Waals surface area contributed by atoms with Gasteiger partial charge in [0.25, 0.3) is 0 Å². The topological polar surface area (TPSA) is 30.5 Å². The van der Waals surface area contributed by atoms with Gasteiger partial charge in [0, 0.05) is 18.0 Å². The van der Waals surface area contributed by atoms with Gasteiger partial charge in [-0.1, -0.05) is 0 Å². The van der Waals surface area contributed by atoms with Crippen molar-refractivity contribution < 1.29 is 13.9 Å².